The van der Waals surface area contributed by atoms with Gasteiger partial charge >= 0.3 is 0 Å². The number of carbonyl (C=O) groups excluding carboxylic acids is 1. The van der Waals surface area contributed by atoms with E-state index in [2.05, 4.69) is 16.5 Å². The first kappa shape index (κ1) is 16.1. The molecule has 1 aliphatic heterocycles. The maximum absolute atomic E-state index is 12.7. The maximum atomic E-state index is 12.7. The predicted octanol–water partition coefficient (Wildman–Crippen LogP) is 3.09. The number of likely N-dealkylation sites (tertiary alicyclic amines) is 1. The smallest absolute Gasteiger partial charge is 0.223 e. The van der Waals surface area contributed by atoms with Crippen LogP contribution >= 0.6 is 11.3 Å². The lowest BCUT2D eigenvalue weighted by molar-refractivity contribution is -0.132. The van der Waals surface area contributed by atoms with E-state index in [1.807, 2.05) is 24.9 Å². The third-order valence-electron chi connectivity index (χ3n) is 4.48. The Bertz CT molecular complexity index is 678. The second-order valence-corrected chi connectivity index (χ2v) is 6.99. The minimum atomic E-state index is 0.0921. The zero-order valence-corrected chi connectivity index (χ0v) is 14.7. The van der Waals surface area contributed by atoms with Crippen molar-refractivity contribution < 1.29 is 9.53 Å². The van der Waals surface area contributed by atoms with Crippen LogP contribution in [0, 0.1) is 6.92 Å². The predicted molar refractivity (Wildman–Crippen MR) is 90.8 cm³/mol. The first-order chi connectivity index (χ1) is 11.1. The molecule has 0 N–H and O–H groups in total. The Kier molecular flexibility index (Phi) is 4.71. The van der Waals surface area contributed by atoms with Crippen LogP contribution in [-0.2, 0) is 18.3 Å². The highest BCUT2D eigenvalue weighted by Gasteiger charge is 2.34. The van der Waals surface area contributed by atoms with Crippen molar-refractivity contribution in [1.82, 2.24) is 14.7 Å². The summed E-state index contributed by atoms with van der Waals surface area (Å²) in [5, 5.41) is 6.52. The summed E-state index contributed by atoms with van der Waals surface area (Å²) in [6, 6.07) is 4.22. The minimum absolute atomic E-state index is 0.0921. The van der Waals surface area contributed by atoms with E-state index in [9.17, 15) is 4.79 Å². The molecule has 2 aromatic rings. The van der Waals surface area contributed by atoms with Gasteiger partial charge in [-0.25, -0.2) is 4.68 Å². The summed E-state index contributed by atoms with van der Waals surface area (Å²) in [6.45, 7) is 2.82. The van der Waals surface area contributed by atoms with Gasteiger partial charge in [0.2, 0.25) is 11.8 Å². The third-order valence-corrected chi connectivity index (χ3v) is 5.42. The highest BCUT2D eigenvalue weighted by molar-refractivity contribution is 7.09. The molecule has 2 aromatic heterocycles. The Labute approximate surface area is 140 Å². The molecule has 1 atom stereocenters. The van der Waals surface area contributed by atoms with Gasteiger partial charge in [-0.3, -0.25) is 4.79 Å². The molecule has 0 bridgehead atoms. The molecule has 1 fully saturated rings. The number of ether oxygens (including phenoxy) is 1. The Hall–Kier alpha value is -1.82. The van der Waals surface area contributed by atoms with Crippen molar-refractivity contribution >= 4 is 17.2 Å². The van der Waals surface area contributed by atoms with Crippen LogP contribution in [0.4, 0.5) is 0 Å². The molecule has 1 unspecified atom stereocenters. The molecule has 3 rings (SSSR count). The van der Waals surface area contributed by atoms with E-state index >= 15 is 0 Å². The molecule has 1 saturated heterocycles. The lowest BCUT2D eigenvalue weighted by Gasteiger charge is -2.25. The average Bonchev–Trinajstić information content (AvgIpc) is 3.24. The Morgan fingerprint density at radius 3 is 3.04 bits per heavy atom. The molecule has 0 aliphatic carbocycles. The molecule has 0 saturated carbocycles. The van der Waals surface area contributed by atoms with Crippen LogP contribution in [0.1, 0.15) is 41.4 Å². The van der Waals surface area contributed by atoms with Gasteiger partial charge in [0.05, 0.1) is 24.4 Å². The van der Waals surface area contributed by atoms with Crippen molar-refractivity contribution in [3.63, 3.8) is 0 Å². The first-order valence-electron chi connectivity index (χ1n) is 8.01. The van der Waals surface area contributed by atoms with Crippen LogP contribution < -0.4 is 4.74 Å². The Morgan fingerprint density at radius 2 is 2.35 bits per heavy atom. The highest BCUT2D eigenvalue weighted by Crippen LogP contribution is 2.39. The Balaban J connectivity index is 1.76. The summed E-state index contributed by atoms with van der Waals surface area (Å²) >= 11 is 1.71. The summed E-state index contributed by atoms with van der Waals surface area (Å²) in [6.07, 6.45) is 3.40. The third kappa shape index (κ3) is 3.13. The van der Waals surface area contributed by atoms with E-state index in [-0.39, 0.29) is 11.9 Å². The van der Waals surface area contributed by atoms with E-state index < -0.39 is 0 Å². The van der Waals surface area contributed by atoms with Crippen LogP contribution in [0.2, 0.25) is 0 Å². The molecular formula is C17H23N3O2S. The van der Waals surface area contributed by atoms with Crippen molar-refractivity contribution in [3.8, 4) is 5.88 Å². The SMILES string of the molecule is COc1c(C2CCCN2C(=O)CCc2cccs2)c(C)nn1C. The molecule has 0 aromatic carbocycles. The molecule has 6 heteroatoms. The van der Waals surface area contributed by atoms with Crippen LogP contribution in [-0.4, -0.2) is 34.2 Å². The number of hydrogen-bond acceptors (Lipinski definition) is 4. The van der Waals surface area contributed by atoms with Crippen LogP contribution in [0.5, 0.6) is 5.88 Å². The van der Waals surface area contributed by atoms with Gasteiger partial charge in [0, 0.05) is 24.9 Å². The van der Waals surface area contributed by atoms with Crippen LogP contribution in [0.15, 0.2) is 17.5 Å². The molecule has 23 heavy (non-hydrogen) atoms. The van der Waals surface area contributed by atoms with Gasteiger partial charge in [-0.2, -0.15) is 5.10 Å². The lowest BCUT2D eigenvalue weighted by atomic mass is 10.0. The summed E-state index contributed by atoms with van der Waals surface area (Å²) in [7, 11) is 3.55. The second-order valence-electron chi connectivity index (χ2n) is 5.96. The molecule has 0 spiro atoms. The highest BCUT2D eigenvalue weighted by atomic mass is 32.1. The molecule has 0 radical (unpaired) electrons. The molecular weight excluding hydrogens is 310 g/mol. The van der Waals surface area contributed by atoms with Gasteiger partial charge in [-0.15, -0.1) is 11.3 Å². The molecule has 5 nitrogen and oxygen atoms in total. The van der Waals surface area contributed by atoms with Crippen molar-refractivity contribution in [1.29, 1.82) is 0 Å². The largest absolute Gasteiger partial charge is 0.481 e. The monoisotopic (exact) mass is 333 g/mol. The molecule has 1 amide bonds. The van der Waals surface area contributed by atoms with Gasteiger partial charge in [0.15, 0.2) is 0 Å². The quantitative estimate of drug-likeness (QED) is 0.845. The number of thiophene rings is 1. The van der Waals surface area contributed by atoms with E-state index in [1.54, 1.807) is 23.1 Å². The fraction of sp³-hybridized carbons (Fsp3) is 0.529. The van der Waals surface area contributed by atoms with E-state index in [4.69, 9.17) is 4.74 Å². The number of aromatic nitrogens is 2. The minimum Gasteiger partial charge on any atom is -0.481 e. The molecule has 124 valence electrons. The second kappa shape index (κ2) is 6.74. The zero-order chi connectivity index (χ0) is 16.4. The van der Waals surface area contributed by atoms with Gasteiger partial charge in [0.1, 0.15) is 0 Å². The molecule has 1 aliphatic rings. The van der Waals surface area contributed by atoms with E-state index in [0.29, 0.717) is 6.42 Å². The number of aryl methyl sites for hydroxylation is 3. The number of rotatable bonds is 5. The topological polar surface area (TPSA) is 47.4 Å². The summed E-state index contributed by atoms with van der Waals surface area (Å²) in [4.78, 5) is 16.0. The summed E-state index contributed by atoms with van der Waals surface area (Å²) < 4.78 is 7.28. The summed E-state index contributed by atoms with van der Waals surface area (Å²) in [5.41, 5.74) is 2.02. The lowest BCUT2D eigenvalue weighted by Crippen LogP contribution is -2.31. The average molecular weight is 333 g/mol. The van der Waals surface area contributed by atoms with Gasteiger partial charge in [0.25, 0.3) is 0 Å². The fourth-order valence-electron chi connectivity index (χ4n) is 3.47. The van der Waals surface area contributed by atoms with Crippen molar-refractivity contribution in [2.45, 2.75) is 38.6 Å². The van der Waals surface area contributed by atoms with E-state index in [0.717, 1.165) is 42.9 Å². The molecule has 3 heterocycles. The standard InChI is InChI=1S/C17H23N3O2S/c1-12-16(17(22-3)19(2)18-12)14-7-4-10-20(14)15(21)9-8-13-6-5-11-23-13/h5-6,11,14H,4,7-10H2,1-3H3. The normalized spacial score (nSPS) is 17.7. The number of carbonyl (C=O) groups is 1. The maximum Gasteiger partial charge on any atom is 0.223 e. The van der Waals surface area contributed by atoms with Crippen LogP contribution in [0.25, 0.3) is 0 Å². The van der Waals surface area contributed by atoms with Gasteiger partial charge < -0.3 is 9.64 Å². The summed E-state index contributed by atoms with van der Waals surface area (Å²) in [5.74, 6) is 0.997. The number of methoxy groups -OCH3 is 1. The van der Waals surface area contributed by atoms with Crippen molar-refractivity contribution in [2.75, 3.05) is 13.7 Å². The number of nitrogens with zero attached hydrogens (tertiary/aromatic N) is 3. The van der Waals surface area contributed by atoms with E-state index in [1.165, 1.54) is 4.88 Å². The Morgan fingerprint density at radius 1 is 1.52 bits per heavy atom. The van der Waals surface area contributed by atoms with Gasteiger partial charge in [-0.1, -0.05) is 6.07 Å². The van der Waals surface area contributed by atoms with Crippen molar-refractivity contribution in [3.05, 3.63) is 33.6 Å². The van der Waals surface area contributed by atoms with Crippen LogP contribution in [0.3, 0.4) is 0 Å². The number of hydrogen-bond donors (Lipinski definition) is 0. The van der Waals surface area contributed by atoms with Crippen molar-refractivity contribution in [2.24, 2.45) is 7.05 Å². The zero-order valence-electron chi connectivity index (χ0n) is 13.9. The fourth-order valence-corrected chi connectivity index (χ4v) is 4.18. The van der Waals surface area contributed by atoms with Gasteiger partial charge in [-0.05, 0) is 37.6 Å². The number of amides is 1. The first-order valence-corrected chi connectivity index (χ1v) is 8.89.